The van der Waals surface area contributed by atoms with Crippen molar-refractivity contribution in [1.29, 1.82) is 0 Å². The average molecular weight is 929 g/mol. The van der Waals surface area contributed by atoms with E-state index in [0.717, 1.165) is 87.0 Å². The number of carbonyl (C=O) groups is 2. The standard InChI is InChI=1S/C58H80N4O6/c1-13-42-38(8)45-31-46-39(9)44(25-18-26-52(64)68-28-27-37(7)24-17-23-36(6)22-16-21-35(5)20-15-19-34(3)4)56(61-46)55-41(30-53(65)66-11)29-51(63)54-40(10)47(62-57(54)55)32-49-43(14-2)58(67-12)50(60-49)33-48(42)59-45/h13,27,31-36,39,41,44,61,63H,1,14-26,28-30H2,2-12H3/b37-27+,46-31?,48-33?,49-32?,56-55?/t35-,36-,39?,41?,44+/m1/s1. The number of carbonyl (C=O) groups excluding carboxylic acids is 2. The van der Waals surface area contributed by atoms with Crippen LogP contribution >= 0.6 is 0 Å². The third-order valence-electron chi connectivity index (χ3n) is 15.0. The van der Waals surface area contributed by atoms with Crippen LogP contribution in [0.25, 0.3) is 0 Å². The first-order valence-electron chi connectivity index (χ1n) is 25.6. The molecule has 10 nitrogen and oxygen atoms in total. The topological polar surface area (TPSA) is 131 Å². The molecule has 8 bridgehead atoms. The van der Waals surface area contributed by atoms with Gasteiger partial charge in [0.25, 0.3) is 0 Å². The third-order valence-corrected chi connectivity index (χ3v) is 15.0. The summed E-state index contributed by atoms with van der Waals surface area (Å²) < 4.78 is 17.0. The van der Waals surface area contributed by atoms with Crippen molar-refractivity contribution in [2.24, 2.45) is 50.5 Å². The van der Waals surface area contributed by atoms with E-state index in [1.54, 1.807) is 7.11 Å². The van der Waals surface area contributed by atoms with Crippen LogP contribution in [0.4, 0.5) is 0 Å². The van der Waals surface area contributed by atoms with Crippen molar-refractivity contribution in [2.45, 2.75) is 159 Å². The minimum atomic E-state index is -0.406. The Labute approximate surface area is 407 Å². The highest BCUT2D eigenvalue weighted by Crippen LogP contribution is 2.48. The first-order chi connectivity index (χ1) is 32.6. The van der Waals surface area contributed by atoms with Gasteiger partial charge in [0, 0.05) is 64.3 Å². The Morgan fingerprint density at radius 1 is 0.882 bits per heavy atom. The number of hydrogen-bond acceptors (Lipinski definition) is 10. The van der Waals surface area contributed by atoms with Crippen LogP contribution in [0.3, 0.4) is 0 Å². The van der Waals surface area contributed by atoms with Crippen LogP contribution in [0.1, 0.15) is 159 Å². The van der Waals surface area contributed by atoms with Crippen molar-refractivity contribution < 1.29 is 28.9 Å². The minimum absolute atomic E-state index is 0.00811. The number of esters is 2. The van der Waals surface area contributed by atoms with E-state index in [4.69, 9.17) is 29.2 Å². The van der Waals surface area contributed by atoms with E-state index in [9.17, 15) is 14.7 Å². The normalized spacial score (nSPS) is 22.2. The van der Waals surface area contributed by atoms with Gasteiger partial charge in [-0.2, -0.15) is 0 Å². The van der Waals surface area contributed by atoms with E-state index >= 15 is 0 Å². The molecule has 2 N–H and O–H groups in total. The zero-order valence-corrected chi connectivity index (χ0v) is 43.2. The number of fused-ring (bicyclic) bond motifs is 5. The third kappa shape index (κ3) is 12.3. The van der Waals surface area contributed by atoms with Crippen LogP contribution in [0.2, 0.25) is 0 Å². The molecule has 0 amide bonds. The SMILES string of the molecule is C=CC1=C(C)C2=NC1=CC1=NC(=CC3=C(C)C4=C(O)CC(CC(=O)OC)C(=C5NC(=C2)C(C)[C@@H]5CCCC(=O)OC/C=C(\C)CCC[C@H](C)CCC[C@H](C)CCCC(C)C)C4=N3)C(CC)=C1OC. The van der Waals surface area contributed by atoms with Gasteiger partial charge >= 0.3 is 11.9 Å². The lowest BCUT2D eigenvalue weighted by Crippen LogP contribution is -2.29. The van der Waals surface area contributed by atoms with Crippen LogP contribution in [-0.4, -0.2) is 55.0 Å². The quantitative estimate of drug-likeness (QED) is 0.0770. The van der Waals surface area contributed by atoms with E-state index in [1.807, 2.05) is 25.2 Å². The molecule has 1 saturated heterocycles. The first kappa shape index (κ1) is 52.1. The Morgan fingerprint density at radius 3 is 2.24 bits per heavy atom. The van der Waals surface area contributed by atoms with Crippen molar-refractivity contribution in [3.05, 3.63) is 116 Å². The number of aliphatic imine (C=N–C) groups is 3. The van der Waals surface area contributed by atoms with Gasteiger partial charge in [-0.25, -0.2) is 15.0 Å². The summed E-state index contributed by atoms with van der Waals surface area (Å²) in [5, 5.41) is 15.6. The van der Waals surface area contributed by atoms with E-state index in [2.05, 4.69) is 79.4 Å². The van der Waals surface area contributed by atoms with Gasteiger partial charge in [0.1, 0.15) is 23.8 Å². The Morgan fingerprint density at radius 2 is 1.57 bits per heavy atom. The lowest BCUT2D eigenvalue weighted by atomic mass is 9.75. The number of nitrogens with zero attached hydrogens (tertiary/aromatic N) is 3. The predicted octanol–water partition coefficient (Wildman–Crippen LogP) is 13.7. The van der Waals surface area contributed by atoms with Gasteiger partial charge in [-0.15, -0.1) is 0 Å². The molecule has 68 heavy (non-hydrogen) atoms. The first-order valence-corrected chi connectivity index (χ1v) is 25.6. The summed E-state index contributed by atoms with van der Waals surface area (Å²) in [6.07, 6.45) is 23.9. The molecule has 1 aliphatic carbocycles. The molecular formula is C58H80N4O6. The molecule has 0 aromatic carbocycles. The van der Waals surface area contributed by atoms with Crippen LogP contribution in [0.5, 0.6) is 0 Å². The fourth-order valence-electron chi connectivity index (χ4n) is 10.8. The summed E-state index contributed by atoms with van der Waals surface area (Å²) in [7, 11) is 3.05. The van der Waals surface area contributed by atoms with Gasteiger partial charge in [-0.1, -0.05) is 105 Å². The van der Waals surface area contributed by atoms with Crippen molar-refractivity contribution in [2.75, 3.05) is 20.8 Å². The van der Waals surface area contributed by atoms with E-state index < -0.39 is 5.92 Å². The van der Waals surface area contributed by atoms with E-state index in [1.165, 1.54) is 57.6 Å². The van der Waals surface area contributed by atoms with Crippen LogP contribution < -0.4 is 5.32 Å². The average Bonchev–Trinajstić information content (AvgIpc) is 3.99. The number of nitrogens with one attached hydrogen (secondary N) is 1. The van der Waals surface area contributed by atoms with Crippen molar-refractivity contribution in [3.8, 4) is 0 Å². The molecule has 10 heteroatoms. The summed E-state index contributed by atoms with van der Waals surface area (Å²) in [6, 6.07) is 0. The molecule has 0 radical (unpaired) electrons. The molecule has 6 rings (SSSR count). The van der Waals surface area contributed by atoms with E-state index in [-0.39, 0.29) is 55.4 Å². The molecule has 5 aliphatic heterocycles. The zero-order chi connectivity index (χ0) is 49.2. The second kappa shape index (κ2) is 23.9. The maximum Gasteiger partial charge on any atom is 0.306 e. The highest BCUT2D eigenvalue weighted by Gasteiger charge is 2.43. The monoisotopic (exact) mass is 929 g/mol. The summed E-state index contributed by atoms with van der Waals surface area (Å²) in [5.41, 5.74) is 12.7. The summed E-state index contributed by atoms with van der Waals surface area (Å²) in [6.45, 7) is 24.3. The molecule has 1 fully saturated rings. The second-order valence-corrected chi connectivity index (χ2v) is 20.6. The molecule has 6 aliphatic rings. The van der Waals surface area contributed by atoms with Crippen molar-refractivity contribution in [1.82, 2.24) is 5.32 Å². The van der Waals surface area contributed by atoms with Gasteiger partial charge in [-0.05, 0) is 106 Å². The lowest BCUT2D eigenvalue weighted by molar-refractivity contribution is -0.143. The minimum Gasteiger partial charge on any atom is -0.512 e. The summed E-state index contributed by atoms with van der Waals surface area (Å²) in [4.78, 5) is 41.9. The maximum absolute atomic E-state index is 13.3. The molecular weight excluding hydrogens is 849 g/mol. The Balaban J connectivity index is 1.20. The zero-order valence-electron chi connectivity index (χ0n) is 43.2. The van der Waals surface area contributed by atoms with Gasteiger partial charge < -0.3 is 24.6 Å². The lowest BCUT2D eigenvalue weighted by Gasteiger charge is -2.30. The number of allylic oxidation sites excluding steroid dienone is 13. The van der Waals surface area contributed by atoms with Crippen molar-refractivity contribution >= 4 is 29.1 Å². The Hall–Kier alpha value is -5.25. The predicted molar refractivity (Wildman–Crippen MR) is 277 cm³/mol. The fourth-order valence-corrected chi connectivity index (χ4v) is 10.8. The molecule has 368 valence electrons. The van der Waals surface area contributed by atoms with Gasteiger partial charge in [0.05, 0.1) is 49.2 Å². The van der Waals surface area contributed by atoms with Crippen LogP contribution in [-0.2, 0) is 23.8 Å². The highest BCUT2D eigenvalue weighted by atomic mass is 16.5. The summed E-state index contributed by atoms with van der Waals surface area (Å²) in [5.74, 6) is 2.19. The number of aliphatic hydroxyl groups excluding tert-OH is 1. The van der Waals surface area contributed by atoms with Gasteiger partial charge in [-0.3, -0.25) is 9.59 Å². The largest absolute Gasteiger partial charge is 0.512 e. The molecule has 0 aromatic rings. The van der Waals surface area contributed by atoms with Crippen LogP contribution in [0, 0.1) is 35.5 Å². The Kier molecular flexibility index (Phi) is 18.3. The molecule has 0 aromatic heterocycles. The number of methoxy groups -OCH3 is 2. The smallest absolute Gasteiger partial charge is 0.306 e. The number of ether oxygens (including phenoxy) is 3. The van der Waals surface area contributed by atoms with Gasteiger partial charge in [0.2, 0.25) is 0 Å². The van der Waals surface area contributed by atoms with Crippen LogP contribution in [0.15, 0.2) is 131 Å². The molecule has 0 saturated carbocycles. The molecule has 5 heterocycles. The second-order valence-electron chi connectivity index (χ2n) is 20.6. The van der Waals surface area contributed by atoms with E-state index in [0.29, 0.717) is 47.7 Å². The fraction of sp³-hybridized carbons (Fsp3) is 0.569. The van der Waals surface area contributed by atoms with Crippen molar-refractivity contribution in [3.63, 3.8) is 0 Å². The Bertz CT molecular complexity index is 2370. The summed E-state index contributed by atoms with van der Waals surface area (Å²) >= 11 is 0. The maximum atomic E-state index is 13.3. The molecule has 0 spiro atoms. The molecule has 5 atom stereocenters. The number of rotatable bonds is 23. The number of aliphatic hydroxyl groups is 1. The van der Waals surface area contributed by atoms with Gasteiger partial charge in [0.15, 0.2) is 0 Å². The highest BCUT2D eigenvalue weighted by molar-refractivity contribution is 6.20. The number of hydrogen-bond donors (Lipinski definition) is 2. The molecule has 2 unspecified atom stereocenters.